The molecule has 1 heterocycles. The average Bonchev–Trinajstić information content (AvgIpc) is 2.56. The standard InChI is InChI=1S/C16H13N3O4S2/c1-25(22,23)12-5-2-10(3-6-12)11-4-7-14-13(8-11)16(17)15(9-18-14)24-19(20)21/h2-9H,1H3,(H2,17,18). The Hall–Kier alpha value is -2.65. The zero-order chi connectivity index (χ0) is 18.2. The number of benzene rings is 2. The highest BCUT2D eigenvalue weighted by atomic mass is 32.2. The molecule has 1 aromatic heterocycles. The highest BCUT2D eigenvalue weighted by Crippen LogP contribution is 2.33. The van der Waals surface area contributed by atoms with Crippen LogP contribution in [0, 0.1) is 10.1 Å². The first kappa shape index (κ1) is 17.2. The summed E-state index contributed by atoms with van der Waals surface area (Å²) in [6, 6.07) is 11.9. The molecule has 3 rings (SSSR count). The fraction of sp³-hybridized carbons (Fsp3) is 0.0625. The predicted octanol–water partition coefficient (Wildman–Crippen LogP) is 3.17. The van der Waals surface area contributed by atoms with Gasteiger partial charge in [-0.2, -0.15) is 0 Å². The molecule has 0 spiro atoms. The van der Waals surface area contributed by atoms with Gasteiger partial charge in [0.05, 0.1) is 16.1 Å². The lowest BCUT2D eigenvalue weighted by Crippen LogP contribution is -1.97. The molecule has 0 aliphatic heterocycles. The second-order valence-corrected chi connectivity index (χ2v) is 8.32. The Bertz CT molecular complexity index is 1080. The minimum Gasteiger partial charge on any atom is -0.397 e. The van der Waals surface area contributed by atoms with Crippen LogP contribution in [0.1, 0.15) is 0 Å². The van der Waals surface area contributed by atoms with Crippen LogP contribution in [0.15, 0.2) is 58.5 Å². The number of hydrogen-bond acceptors (Lipinski definition) is 7. The Morgan fingerprint density at radius 1 is 1.12 bits per heavy atom. The van der Waals surface area contributed by atoms with E-state index in [0.717, 1.165) is 17.4 Å². The van der Waals surface area contributed by atoms with Gasteiger partial charge in [0, 0.05) is 17.8 Å². The fourth-order valence-electron chi connectivity index (χ4n) is 2.42. The molecule has 2 aromatic carbocycles. The molecule has 25 heavy (non-hydrogen) atoms. The molecule has 0 radical (unpaired) electrons. The van der Waals surface area contributed by atoms with E-state index in [1.807, 2.05) is 6.07 Å². The van der Waals surface area contributed by atoms with E-state index in [4.69, 9.17) is 5.73 Å². The number of anilines is 1. The second-order valence-electron chi connectivity index (χ2n) is 5.38. The van der Waals surface area contributed by atoms with Crippen molar-refractivity contribution in [3.8, 4) is 11.1 Å². The Kier molecular flexibility index (Phi) is 4.36. The summed E-state index contributed by atoms with van der Waals surface area (Å²) in [5.74, 6) is 0. The van der Waals surface area contributed by atoms with E-state index < -0.39 is 14.2 Å². The quantitative estimate of drug-likeness (QED) is 0.423. The average molecular weight is 375 g/mol. The summed E-state index contributed by atoms with van der Waals surface area (Å²) in [5, 5.41) is 11.3. The lowest BCUT2D eigenvalue weighted by molar-refractivity contribution is -0.284. The van der Waals surface area contributed by atoms with Crippen molar-refractivity contribution in [2.75, 3.05) is 12.0 Å². The maximum Gasteiger partial charge on any atom is 0.269 e. The van der Waals surface area contributed by atoms with E-state index in [2.05, 4.69) is 4.98 Å². The second kappa shape index (κ2) is 6.34. The third kappa shape index (κ3) is 3.57. The number of nitrogens with zero attached hydrogens (tertiary/aromatic N) is 2. The minimum atomic E-state index is -3.26. The summed E-state index contributed by atoms with van der Waals surface area (Å²) in [5.41, 5.74) is 8.59. The Labute approximate surface area is 148 Å². The first-order chi connectivity index (χ1) is 11.8. The number of pyridine rings is 1. The van der Waals surface area contributed by atoms with Crippen molar-refractivity contribution in [3.05, 3.63) is 58.8 Å². The number of aromatic nitrogens is 1. The van der Waals surface area contributed by atoms with Crippen molar-refractivity contribution in [3.63, 3.8) is 0 Å². The van der Waals surface area contributed by atoms with E-state index in [1.165, 1.54) is 18.3 Å². The van der Waals surface area contributed by atoms with Crippen LogP contribution in [0.2, 0.25) is 0 Å². The zero-order valence-corrected chi connectivity index (χ0v) is 14.7. The topological polar surface area (TPSA) is 116 Å². The van der Waals surface area contributed by atoms with Gasteiger partial charge < -0.3 is 5.73 Å². The van der Waals surface area contributed by atoms with Crippen LogP contribution in [0.4, 0.5) is 5.69 Å². The lowest BCUT2D eigenvalue weighted by Gasteiger charge is -2.08. The smallest absolute Gasteiger partial charge is 0.269 e. The van der Waals surface area contributed by atoms with E-state index in [1.54, 1.807) is 24.3 Å². The summed E-state index contributed by atoms with van der Waals surface area (Å²) >= 11 is 0.414. The summed E-state index contributed by atoms with van der Waals surface area (Å²) < 4.78 is 22.6. The van der Waals surface area contributed by atoms with Crippen molar-refractivity contribution in [2.45, 2.75) is 9.79 Å². The van der Waals surface area contributed by atoms with Crippen molar-refractivity contribution in [1.82, 2.24) is 4.98 Å². The van der Waals surface area contributed by atoms with Gasteiger partial charge in [0.1, 0.15) is 9.22 Å². The van der Waals surface area contributed by atoms with Gasteiger partial charge in [0.2, 0.25) is 0 Å². The number of nitrogen functional groups attached to an aromatic ring is 1. The van der Waals surface area contributed by atoms with Crippen LogP contribution >= 0.6 is 11.9 Å². The van der Waals surface area contributed by atoms with Gasteiger partial charge in [0.25, 0.3) is 11.9 Å². The number of nitrogens with two attached hydrogens (primary N) is 1. The minimum absolute atomic E-state index is 0.239. The van der Waals surface area contributed by atoms with E-state index in [9.17, 15) is 18.5 Å². The third-order valence-corrected chi connectivity index (χ3v) is 5.46. The molecule has 0 unspecified atom stereocenters. The molecule has 2 N–H and O–H groups in total. The molecule has 128 valence electrons. The fourth-order valence-corrected chi connectivity index (χ4v) is 3.52. The van der Waals surface area contributed by atoms with E-state index >= 15 is 0 Å². The Balaban J connectivity index is 2.08. The normalized spacial score (nSPS) is 11.6. The maximum atomic E-state index is 11.5. The van der Waals surface area contributed by atoms with Gasteiger partial charge in [-0.15, -0.1) is 0 Å². The molecule has 0 saturated heterocycles. The van der Waals surface area contributed by atoms with Crippen molar-refractivity contribution < 1.29 is 12.7 Å². The van der Waals surface area contributed by atoms with Crippen molar-refractivity contribution in [1.29, 1.82) is 0 Å². The van der Waals surface area contributed by atoms with Gasteiger partial charge in [-0.1, -0.05) is 18.2 Å². The first-order valence-electron chi connectivity index (χ1n) is 7.07. The molecule has 0 fully saturated rings. The molecule has 0 bridgehead atoms. The number of rotatable bonds is 4. The predicted molar refractivity (Wildman–Crippen MR) is 97.6 cm³/mol. The molecule has 7 nitrogen and oxygen atoms in total. The maximum absolute atomic E-state index is 11.5. The van der Waals surface area contributed by atoms with Crippen LogP contribution in [-0.2, 0) is 9.84 Å². The van der Waals surface area contributed by atoms with E-state index in [-0.39, 0.29) is 9.79 Å². The Morgan fingerprint density at radius 3 is 2.36 bits per heavy atom. The molecule has 9 heteroatoms. The van der Waals surface area contributed by atoms with Crippen LogP contribution in [-0.4, -0.2) is 24.0 Å². The van der Waals surface area contributed by atoms with Gasteiger partial charge in [-0.05, 0) is 35.4 Å². The molecule has 0 atom stereocenters. The van der Waals surface area contributed by atoms with Crippen LogP contribution in [0.25, 0.3) is 22.0 Å². The van der Waals surface area contributed by atoms with Gasteiger partial charge >= 0.3 is 0 Å². The molecule has 0 aliphatic carbocycles. The van der Waals surface area contributed by atoms with Crippen molar-refractivity contribution in [2.24, 2.45) is 0 Å². The molecule has 0 amide bonds. The van der Waals surface area contributed by atoms with Gasteiger partial charge in [0.15, 0.2) is 9.84 Å². The van der Waals surface area contributed by atoms with E-state index in [0.29, 0.717) is 28.5 Å². The Morgan fingerprint density at radius 2 is 1.76 bits per heavy atom. The summed E-state index contributed by atoms with van der Waals surface area (Å²) in [4.78, 5) is 15.4. The summed E-state index contributed by atoms with van der Waals surface area (Å²) in [7, 11) is -3.26. The first-order valence-corrected chi connectivity index (χ1v) is 9.73. The van der Waals surface area contributed by atoms with Gasteiger partial charge in [-0.3, -0.25) is 15.1 Å². The molecule has 0 aliphatic rings. The van der Waals surface area contributed by atoms with Crippen molar-refractivity contribution >= 4 is 38.4 Å². The number of nitro groups is 1. The highest BCUT2D eigenvalue weighted by molar-refractivity contribution is 7.93. The molecule has 0 saturated carbocycles. The number of hydrogen-bond donors (Lipinski definition) is 1. The molecular weight excluding hydrogens is 362 g/mol. The monoisotopic (exact) mass is 375 g/mol. The number of sulfone groups is 1. The van der Waals surface area contributed by atoms with Crippen LogP contribution in [0.5, 0.6) is 0 Å². The zero-order valence-electron chi connectivity index (χ0n) is 13.0. The summed E-state index contributed by atoms with van der Waals surface area (Å²) in [6.07, 6.45) is 2.53. The number of fused-ring (bicyclic) bond motifs is 1. The lowest BCUT2D eigenvalue weighted by atomic mass is 10.0. The highest BCUT2D eigenvalue weighted by Gasteiger charge is 2.14. The SMILES string of the molecule is CS(=O)(=O)c1ccc(-c2ccc3ncc(S[N+](=O)[O-])c(N)c3c2)cc1. The van der Waals surface area contributed by atoms with Crippen LogP contribution in [0.3, 0.4) is 0 Å². The largest absolute Gasteiger partial charge is 0.397 e. The van der Waals surface area contributed by atoms with Crippen LogP contribution < -0.4 is 5.73 Å². The van der Waals surface area contributed by atoms with Gasteiger partial charge in [-0.25, -0.2) is 8.42 Å². The third-order valence-electron chi connectivity index (χ3n) is 3.66. The summed E-state index contributed by atoms with van der Waals surface area (Å²) in [6.45, 7) is 0. The molecule has 3 aromatic rings. The molecular formula is C16H13N3O4S2.